The van der Waals surface area contributed by atoms with Crippen LogP contribution in [-0.2, 0) is 17.7 Å². The molecule has 0 saturated carbocycles. The molecule has 0 amide bonds. The molecular formula is C23H31IN6O2. The maximum absolute atomic E-state index is 6.14. The molecule has 3 aromatic rings. The highest BCUT2D eigenvalue weighted by atomic mass is 127. The van der Waals surface area contributed by atoms with Crippen LogP contribution in [0.3, 0.4) is 0 Å². The number of ether oxygens (including phenoxy) is 2. The Labute approximate surface area is 205 Å². The van der Waals surface area contributed by atoms with E-state index in [1.165, 1.54) is 5.56 Å². The van der Waals surface area contributed by atoms with Gasteiger partial charge in [-0.1, -0.05) is 18.2 Å². The Balaban J connectivity index is 0.00000289. The standard InChI is InChI=1S/C23H30N6O2.HI/c1-17-6-7-19(20(13-17)31-16-18-9-12-30-15-18)14-26-23(24-2)25-10-8-22-28-27-21-5-3-4-11-29(21)22;/h3-7,11,13,18H,8-10,12,14-16H2,1-2H3,(H2,24,25,26);1H. The highest BCUT2D eigenvalue weighted by molar-refractivity contribution is 14.0. The van der Waals surface area contributed by atoms with Gasteiger partial charge in [0.1, 0.15) is 11.6 Å². The molecule has 1 aromatic carbocycles. The first kappa shape index (κ1) is 24.2. The molecule has 32 heavy (non-hydrogen) atoms. The van der Waals surface area contributed by atoms with Gasteiger partial charge in [-0.25, -0.2) is 0 Å². The lowest BCUT2D eigenvalue weighted by Crippen LogP contribution is -2.38. The molecule has 2 N–H and O–H groups in total. The van der Waals surface area contributed by atoms with E-state index in [1.807, 2.05) is 28.8 Å². The van der Waals surface area contributed by atoms with Gasteiger partial charge in [0.15, 0.2) is 11.6 Å². The van der Waals surface area contributed by atoms with Crippen molar-refractivity contribution in [2.24, 2.45) is 10.9 Å². The summed E-state index contributed by atoms with van der Waals surface area (Å²) in [5.74, 6) is 3.06. The van der Waals surface area contributed by atoms with E-state index in [1.54, 1.807) is 7.05 Å². The topological polar surface area (TPSA) is 85.1 Å². The quantitative estimate of drug-likeness (QED) is 0.255. The van der Waals surface area contributed by atoms with Crippen molar-refractivity contribution in [3.8, 4) is 5.75 Å². The minimum absolute atomic E-state index is 0. The van der Waals surface area contributed by atoms with Gasteiger partial charge < -0.3 is 20.1 Å². The maximum atomic E-state index is 6.14. The smallest absolute Gasteiger partial charge is 0.191 e. The zero-order chi connectivity index (χ0) is 21.5. The second kappa shape index (κ2) is 12.0. The number of guanidine groups is 1. The molecule has 1 unspecified atom stereocenters. The number of nitrogens with zero attached hydrogens (tertiary/aromatic N) is 4. The third kappa shape index (κ3) is 6.32. The number of fused-ring (bicyclic) bond motifs is 1. The Morgan fingerprint density at radius 2 is 2.16 bits per heavy atom. The molecule has 172 valence electrons. The van der Waals surface area contributed by atoms with Gasteiger partial charge in [-0.05, 0) is 37.1 Å². The summed E-state index contributed by atoms with van der Waals surface area (Å²) >= 11 is 0. The predicted molar refractivity (Wildman–Crippen MR) is 136 cm³/mol. The molecule has 1 atom stereocenters. The molecule has 1 fully saturated rings. The summed E-state index contributed by atoms with van der Waals surface area (Å²) < 4.78 is 13.6. The van der Waals surface area contributed by atoms with E-state index in [-0.39, 0.29) is 24.0 Å². The van der Waals surface area contributed by atoms with Crippen molar-refractivity contribution in [2.45, 2.75) is 26.3 Å². The van der Waals surface area contributed by atoms with E-state index < -0.39 is 0 Å². The summed E-state index contributed by atoms with van der Waals surface area (Å²) in [7, 11) is 1.77. The fourth-order valence-electron chi connectivity index (χ4n) is 3.62. The zero-order valence-corrected chi connectivity index (χ0v) is 20.9. The van der Waals surface area contributed by atoms with Gasteiger partial charge in [-0.3, -0.25) is 9.39 Å². The summed E-state index contributed by atoms with van der Waals surface area (Å²) in [6.07, 6.45) is 3.79. The van der Waals surface area contributed by atoms with Crippen molar-refractivity contribution in [3.05, 3.63) is 59.5 Å². The van der Waals surface area contributed by atoms with Crippen molar-refractivity contribution in [1.29, 1.82) is 0 Å². The Bertz CT molecular complexity index is 1030. The largest absolute Gasteiger partial charge is 0.493 e. The number of nitrogens with one attached hydrogen (secondary N) is 2. The van der Waals surface area contributed by atoms with Gasteiger partial charge in [0.05, 0.1) is 13.2 Å². The van der Waals surface area contributed by atoms with Crippen molar-refractivity contribution in [1.82, 2.24) is 25.2 Å². The molecule has 0 bridgehead atoms. The first-order chi connectivity index (χ1) is 15.2. The molecule has 8 nitrogen and oxygen atoms in total. The fourth-order valence-corrected chi connectivity index (χ4v) is 3.62. The number of hydrogen-bond donors (Lipinski definition) is 2. The summed E-state index contributed by atoms with van der Waals surface area (Å²) in [5, 5.41) is 15.2. The summed E-state index contributed by atoms with van der Waals surface area (Å²) in [5.41, 5.74) is 3.15. The van der Waals surface area contributed by atoms with E-state index in [4.69, 9.17) is 9.47 Å². The Morgan fingerprint density at radius 3 is 2.97 bits per heavy atom. The molecule has 1 aliphatic rings. The Morgan fingerprint density at radius 1 is 1.25 bits per heavy atom. The molecule has 1 aliphatic heterocycles. The van der Waals surface area contributed by atoms with E-state index in [9.17, 15) is 0 Å². The first-order valence-electron chi connectivity index (χ1n) is 10.8. The third-order valence-corrected chi connectivity index (χ3v) is 5.42. The number of halogens is 1. The number of rotatable bonds is 8. The molecule has 1 saturated heterocycles. The van der Waals surface area contributed by atoms with Crippen LogP contribution in [0.25, 0.3) is 5.65 Å². The second-order valence-corrected chi connectivity index (χ2v) is 7.80. The number of aliphatic imine (C=N–C) groups is 1. The van der Waals surface area contributed by atoms with E-state index in [2.05, 4.69) is 50.9 Å². The van der Waals surface area contributed by atoms with Crippen molar-refractivity contribution in [3.63, 3.8) is 0 Å². The third-order valence-electron chi connectivity index (χ3n) is 5.42. The highest BCUT2D eigenvalue weighted by Crippen LogP contribution is 2.22. The molecule has 4 rings (SSSR count). The molecule has 3 heterocycles. The van der Waals surface area contributed by atoms with Crippen LogP contribution in [0, 0.1) is 12.8 Å². The number of aromatic nitrogens is 3. The van der Waals surface area contributed by atoms with Gasteiger partial charge in [-0.2, -0.15) is 0 Å². The molecule has 2 aromatic heterocycles. The maximum Gasteiger partial charge on any atom is 0.191 e. The normalized spacial score (nSPS) is 16.1. The van der Waals surface area contributed by atoms with Crippen LogP contribution in [-0.4, -0.2) is 54.0 Å². The first-order valence-corrected chi connectivity index (χ1v) is 10.8. The molecule has 0 radical (unpaired) electrons. The van der Waals surface area contributed by atoms with Crippen LogP contribution in [0.4, 0.5) is 0 Å². The van der Waals surface area contributed by atoms with Gasteiger partial charge in [0.25, 0.3) is 0 Å². The number of hydrogen-bond acceptors (Lipinski definition) is 5. The molecule has 9 heteroatoms. The zero-order valence-electron chi connectivity index (χ0n) is 18.6. The van der Waals surface area contributed by atoms with Crippen molar-refractivity contribution >= 4 is 35.6 Å². The lowest BCUT2D eigenvalue weighted by molar-refractivity contribution is 0.166. The SMILES string of the molecule is CN=C(NCCc1nnc2ccccn12)NCc1ccc(C)cc1OCC1CCOC1.I. The van der Waals surface area contributed by atoms with Gasteiger partial charge >= 0.3 is 0 Å². The van der Waals surface area contributed by atoms with Crippen molar-refractivity contribution < 1.29 is 9.47 Å². The number of aryl methyl sites for hydroxylation is 1. The Hall–Kier alpha value is -2.40. The summed E-state index contributed by atoms with van der Waals surface area (Å²) in [4.78, 5) is 4.33. The lowest BCUT2D eigenvalue weighted by atomic mass is 10.1. The van der Waals surface area contributed by atoms with Gasteiger partial charge in [0, 0.05) is 50.8 Å². The Kier molecular flexibility index (Phi) is 9.10. The van der Waals surface area contributed by atoms with Crippen LogP contribution < -0.4 is 15.4 Å². The minimum Gasteiger partial charge on any atom is -0.493 e. The molecule has 0 aliphatic carbocycles. The number of pyridine rings is 1. The minimum atomic E-state index is 0. The van der Waals surface area contributed by atoms with Crippen LogP contribution in [0.1, 0.15) is 23.4 Å². The van der Waals surface area contributed by atoms with Crippen molar-refractivity contribution in [2.75, 3.05) is 33.4 Å². The lowest BCUT2D eigenvalue weighted by Gasteiger charge is -2.17. The molecular weight excluding hydrogens is 519 g/mol. The second-order valence-electron chi connectivity index (χ2n) is 7.80. The molecule has 0 spiro atoms. The average molecular weight is 550 g/mol. The summed E-state index contributed by atoms with van der Waals surface area (Å²) in [6, 6.07) is 12.2. The fraction of sp³-hybridized carbons (Fsp3) is 0.435. The van der Waals surface area contributed by atoms with Crippen LogP contribution >= 0.6 is 24.0 Å². The highest BCUT2D eigenvalue weighted by Gasteiger charge is 2.17. The predicted octanol–water partition coefficient (Wildman–Crippen LogP) is 2.98. The van der Waals surface area contributed by atoms with E-state index >= 15 is 0 Å². The van der Waals surface area contributed by atoms with Gasteiger partial charge in [0.2, 0.25) is 0 Å². The van der Waals surface area contributed by atoms with E-state index in [0.29, 0.717) is 25.6 Å². The number of benzene rings is 1. The van der Waals surface area contributed by atoms with Crippen LogP contribution in [0.2, 0.25) is 0 Å². The van der Waals surface area contributed by atoms with E-state index in [0.717, 1.165) is 54.8 Å². The van der Waals surface area contributed by atoms with Crippen LogP contribution in [0.5, 0.6) is 5.75 Å². The van der Waals surface area contributed by atoms with Crippen LogP contribution in [0.15, 0.2) is 47.6 Å². The summed E-state index contributed by atoms with van der Waals surface area (Å²) in [6.45, 7) is 5.73. The van der Waals surface area contributed by atoms with Gasteiger partial charge in [-0.15, -0.1) is 34.2 Å². The monoisotopic (exact) mass is 550 g/mol. The average Bonchev–Trinajstić information content (AvgIpc) is 3.46.